The fraction of sp³-hybridized carbons (Fsp3) is 0.500. The van der Waals surface area contributed by atoms with Gasteiger partial charge >= 0.3 is 6.03 Å². The molecule has 1 saturated heterocycles. The molecule has 2 amide bonds. The Morgan fingerprint density at radius 3 is 3.05 bits per heavy atom. The van der Waals surface area contributed by atoms with E-state index in [0.29, 0.717) is 13.1 Å². The van der Waals surface area contributed by atoms with Crippen LogP contribution in [0.4, 0.5) is 4.79 Å². The molecule has 118 valence electrons. The highest BCUT2D eigenvalue weighted by Gasteiger charge is 2.31. The van der Waals surface area contributed by atoms with E-state index in [-0.39, 0.29) is 12.1 Å². The molecule has 3 rings (SSSR count). The summed E-state index contributed by atoms with van der Waals surface area (Å²) in [5.41, 5.74) is 0. The second-order valence-corrected chi connectivity index (χ2v) is 6.13. The number of piperazine rings is 1. The van der Waals surface area contributed by atoms with Gasteiger partial charge in [-0.05, 0) is 6.54 Å². The van der Waals surface area contributed by atoms with Crippen molar-refractivity contribution in [1.82, 2.24) is 30.1 Å². The van der Waals surface area contributed by atoms with Crippen LogP contribution in [0.25, 0.3) is 0 Å². The van der Waals surface area contributed by atoms with Crippen LogP contribution in [0.1, 0.15) is 23.8 Å². The average molecular weight is 320 g/mol. The molecule has 0 radical (unpaired) electrons. The number of hydrogen-bond donors (Lipinski definition) is 2. The van der Waals surface area contributed by atoms with Gasteiger partial charge in [0.1, 0.15) is 10.8 Å². The van der Waals surface area contributed by atoms with Gasteiger partial charge in [0.05, 0.1) is 12.6 Å². The van der Waals surface area contributed by atoms with Gasteiger partial charge in [0.15, 0.2) is 0 Å². The quantitative estimate of drug-likeness (QED) is 0.894. The molecule has 3 heterocycles. The smallest absolute Gasteiger partial charge is 0.317 e. The topological polar surface area (TPSA) is 77.2 Å². The van der Waals surface area contributed by atoms with Crippen LogP contribution in [0.15, 0.2) is 24.0 Å². The van der Waals surface area contributed by atoms with Crippen molar-refractivity contribution in [2.75, 3.05) is 26.2 Å². The lowest BCUT2D eigenvalue weighted by molar-refractivity contribution is 0.0896. The number of rotatable bonds is 4. The summed E-state index contributed by atoms with van der Waals surface area (Å²) in [6.45, 7) is 5.79. The summed E-state index contributed by atoms with van der Waals surface area (Å²) in [4.78, 5) is 28.2. The molecule has 0 bridgehead atoms. The van der Waals surface area contributed by atoms with Crippen LogP contribution in [0, 0.1) is 0 Å². The van der Waals surface area contributed by atoms with Gasteiger partial charge in [0.25, 0.3) is 0 Å². The maximum atomic E-state index is 12.3. The number of carbonyl (C=O) groups is 1. The Labute approximate surface area is 133 Å². The Morgan fingerprint density at radius 2 is 2.36 bits per heavy atom. The zero-order chi connectivity index (χ0) is 15.4. The summed E-state index contributed by atoms with van der Waals surface area (Å²) < 4.78 is 0. The Balaban J connectivity index is 1.61. The number of nitrogens with one attached hydrogen (secondary N) is 2. The van der Waals surface area contributed by atoms with Crippen molar-refractivity contribution in [2.24, 2.45) is 0 Å². The molecule has 1 unspecified atom stereocenters. The number of carbonyl (C=O) groups excluding carboxylic acids is 1. The maximum absolute atomic E-state index is 12.3. The first-order valence-corrected chi connectivity index (χ1v) is 8.30. The minimum Gasteiger partial charge on any atom is -0.347 e. The van der Waals surface area contributed by atoms with Crippen LogP contribution in [-0.4, -0.2) is 57.0 Å². The number of urea groups is 1. The monoisotopic (exact) mass is 320 g/mol. The molecule has 2 aromatic rings. The minimum absolute atomic E-state index is 0.0393. The summed E-state index contributed by atoms with van der Waals surface area (Å²) in [5.74, 6) is 0.916. The molecule has 0 spiro atoms. The number of amides is 2. The number of likely N-dealkylation sites (N-methyl/N-ethyl adjacent to an activating group) is 1. The van der Waals surface area contributed by atoms with Crippen molar-refractivity contribution < 1.29 is 4.79 Å². The molecule has 1 atom stereocenters. The third-order valence-corrected chi connectivity index (χ3v) is 4.67. The lowest BCUT2D eigenvalue weighted by Crippen LogP contribution is -2.53. The van der Waals surface area contributed by atoms with E-state index in [0.717, 1.165) is 30.5 Å². The number of nitrogens with zero attached hydrogens (tertiary/aromatic N) is 4. The Morgan fingerprint density at radius 1 is 1.45 bits per heavy atom. The van der Waals surface area contributed by atoms with E-state index in [2.05, 4.69) is 32.1 Å². The van der Waals surface area contributed by atoms with Crippen molar-refractivity contribution >= 4 is 17.4 Å². The highest BCUT2D eigenvalue weighted by Crippen LogP contribution is 2.22. The number of H-pyrrole nitrogens is 1. The van der Waals surface area contributed by atoms with E-state index in [4.69, 9.17) is 0 Å². The minimum atomic E-state index is -0.0393. The van der Waals surface area contributed by atoms with E-state index >= 15 is 0 Å². The summed E-state index contributed by atoms with van der Waals surface area (Å²) in [6, 6.07) is 0.0851. The zero-order valence-corrected chi connectivity index (χ0v) is 13.3. The van der Waals surface area contributed by atoms with Crippen LogP contribution >= 0.6 is 11.3 Å². The van der Waals surface area contributed by atoms with Crippen molar-refractivity contribution in [3.63, 3.8) is 0 Å². The van der Waals surface area contributed by atoms with Crippen LogP contribution in [0.5, 0.6) is 0 Å². The summed E-state index contributed by atoms with van der Waals surface area (Å²) >= 11 is 1.55. The molecule has 22 heavy (non-hydrogen) atoms. The predicted molar refractivity (Wildman–Crippen MR) is 84.5 cm³/mol. The van der Waals surface area contributed by atoms with Crippen molar-refractivity contribution in [1.29, 1.82) is 0 Å². The molecule has 0 saturated carbocycles. The Hall–Kier alpha value is -1.93. The maximum Gasteiger partial charge on any atom is 0.317 e. The van der Waals surface area contributed by atoms with Gasteiger partial charge in [-0.15, -0.1) is 11.3 Å². The largest absolute Gasteiger partial charge is 0.347 e. The fourth-order valence-corrected chi connectivity index (χ4v) is 3.26. The predicted octanol–water partition coefficient (Wildman–Crippen LogP) is 1.45. The molecule has 1 aliphatic rings. The van der Waals surface area contributed by atoms with Gasteiger partial charge in [0.2, 0.25) is 0 Å². The van der Waals surface area contributed by atoms with Gasteiger partial charge in [0, 0.05) is 43.6 Å². The highest BCUT2D eigenvalue weighted by molar-refractivity contribution is 7.09. The summed E-state index contributed by atoms with van der Waals surface area (Å²) in [7, 11) is 0. The SMILES string of the molecule is CCN1CCN(C(=O)NCc2nccs2)CC1c1ncc[nH]1. The standard InChI is InChI=1S/C14H20N6OS/c1-2-19-6-7-20(10-11(19)13-16-3-4-17-13)14(21)18-9-12-15-5-8-22-12/h3-5,8,11H,2,6-7,9-10H2,1H3,(H,16,17)(H,18,21). The lowest BCUT2D eigenvalue weighted by Gasteiger charge is -2.39. The van der Waals surface area contributed by atoms with Gasteiger partial charge < -0.3 is 15.2 Å². The fourth-order valence-electron chi connectivity index (χ4n) is 2.71. The first-order chi connectivity index (χ1) is 10.8. The molecule has 1 aliphatic heterocycles. The number of thiazole rings is 1. The number of aromatic nitrogens is 3. The summed E-state index contributed by atoms with van der Waals surface area (Å²) in [6.07, 6.45) is 5.33. The van der Waals surface area contributed by atoms with Gasteiger partial charge in [-0.3, -0.25) is 4.90 Å². The van der Waals surface area contributed by atoms with Gasteiger partial charge in [-0.25, -0.2) is 14.8 Å². The van der Waals surface area contributed by atoms with Crippen molar-refractivity contribution in [3.05, 3.63) is 34.8 Å². The lowest BCUT2D eigenvalue weighted by atomic mass is 10.1. The molecule has 8 heteroatoms. The van der Waals surface area contributed by atoms with E-state index in [1.165, 1.54) is 0 Å². The van der Waals surface area contributed by atoms with Crippen molar-refractivity contribution in [2.45, 2.75) is 19.5 Å². The third-order valence-electron chi connectivity index (χ3n) is 3.89. The molecular weight excluding hydrogens is 300 g/mol. The normalized spacial score (nSPS) is 19.3. The highest BCUT2D eigenvalue weighted by atomic mass is 32.1. The van der Waals surface area contributed by atoms with E-state index in [1.54, 1.807) is 23.7 Å². The molecule has 2 aromatic heterocycles. The first-order valence-electron chi connectivity index (χ1n) is 7.42. The second-order valence-electron chi connectivity index (χ2n) is 5.15. The first kappa shape index (κ1) is 15.0. The molecule has 0 aliphatic carbocycles. The zero-order valence-electron chi connectivity index (χ0n) is 12.5. The molecular formula is C14H20N6OS. The van der Waals surface area contributed by atoms with Gasteiger partial charge in [-0.1, -0.05) is 6.92 Å². The summed E-state index contributed by atoms with van der Waals surface area (Å²) in [5, 5.41) is 5.77. The van der Waals surface area contributed by atoms with Crippen LogP contribution in [0.2, 0.25) is 0 Å². The van der Waals surface area contributed by atoms with E-state index in [9.17, 15) is 4.79 Å². The van der Waals surface area contributed by atoms with Crippen LogP contribution < -0.4 is 5.32 Å². The second kappa shape index (κ2) is 6.89. The van der Waals surface area contributed by atoms with Gasteiger partial charge in [-0.2, -0.15) is 0 Å². The van der Waals surface area contributed by atoms with E-state index < -0.39 is 0 Å². The van der Waals surface area contributed by atoms with Crippen LogP contribution in [0.3, 0.4) is 0 Å². The molecule has 2 N–H and O–H groups in total. The molecule has 7 nitrogen and oxygen atoms in total. The Bertz CT molecular complexity index is 585. The van der Waals surface area contributed by atoms with Crippen LogP contribution in [-0.2, 0) is 6.54 Å². The molecule has 1 fully saturated rings. The molecule has 0 aromatic carbocycles. The average Bonchev–Trinajstić information content (AvgIpc) is 3.25. The number of hydrogen-bond acceptors (Lipinski definition) is 5. The number of imidazole rings is 1. The van der Waals surface area contributed by atoms with Crippen molar-refractivity contribution in [3.8, 4) is 0 Å². The number of aromatic amines is 1. The third kappa shape index (κ3) is 3.28. The Kier molecular flexibility index (Phi) is 4.69. The van der Waals surface area contributed by atoms with E-state index in [1.807, 2.05) is 16.5 Å².